The fourth-order valence-corrected chi connectivity index (χ4v) is 1.31. The maximum Gasteiger partial charge on any atom is 0.151 e. The lowest BCUT2D eigenvalue weighted by Gasteiger charge is -1.94. The lowest BCUT2D eigenvalue weighted by atomic mass is 10.1. The molecular weight excluding hydrogens is 150 g/mol. The average Bonchev–Trinajstić information content (AvgIpc) is 2.50. The van der Waals surface area contributed by atoms with Gasteiger partial charge in [-0.05, 0) is 30.7 Å². The molecule has 0 fully saturated rings. The standard InChI is InChI=1S/C10H7NO/c1-7-4-8-2-3-12-10(8)9(5-7)6-11/h2-5H,1H3. The molecular formula is C10H7NO. The molecule has 2 nitrogen and oxygen atoms in total. The summed E-state index contributed by atoms with van der Waals surface area (Å²) in [5, 5.41) is 9.76. The predicted octanol–water partition coefficient (Wildman–Crippen LogP) is 2.61. The van der Waals surface area contributed by atoms with Crippen molar-refractivity contribution in [1.29, 1.82) is 5.26 Å². The first-order valence-corrected chi connectivity index (χ1v) is 3.69. The molecule has 2 heteroatoms. The van der Waals surface area contributed by atoms with Crippen molar-refractivity contribution in [2.24, 2.45) is 0 Å². The number of fused-ring (bicyclic) bond motifs is 1. The Morgan fingerprint density at radius 2 is 2.25 bits per heavy atom. The fraction of sp³-hybridized carbons (Fsp3) is 0.100. The number of aryl methyl sites for hydroxylation is 1. The third-order valence-corrected chi connectivity index (χ3v) is 1.82. The number of hydrogen-bond acceptors (Lipinski definition) is 2. The number of rotatable bonds is 0. The van der Waals surface area contributed by atoms with Crippen LogP contribution in [-0.4, -0.2) is 0 Å². The van der Waals surface area contributed by atoms with Crippen LogP contribution < -0.4 is 0 Å². The molecule has 0 spiro atoms. The summed E-state index contributed by atoms with van der Waals surface area (Å²) in [5.74, 6) is 0. The van der Waals surface area contributed by atoms with Crippen LogP contribution >= 0.6 is 0 Å². The van der Waals surface area contributed by atoms with Crippen molar-refractivity contribution in [3.63, 3.8) is 0 Å². The molecule has 0 saturated carbocycles. The zero-order chi connectivity index (χ0) is 8.55. The molecule has 0 atom stereocenters. The van der Waals surface area contributed by atoms with Gasteiger partial charge < -0.3 is 4.42 Å². The van der Waals surface area contributed by atoms with Crippen molar-refractivity contribution in [1.82, 2.24) is 0 Å². The normalized spacial score (nSPS) is 10.0. The minimum atomic E-state index is 0.606. The van der Waals surface area contributed by atoms with Crippen LogP contribution in [0.3, 0.4) is 0 Å². The van der Waals surface area contributed by atoms with Crippen LogP contribution in [0, 0.1) is 18.3 Å². The average molecular weight is 157 g/mol. The second kappa shape index (κ2) is 2.38. The first kappa shape index (κ1) is 6.93. The molecule has 0 aliphatic rings. The number of benzene rings is 1. The number of nitriles is 1. The highest BCUT2D eigenvalue weighted by Gasteiger charge is 2.03. The highest BCUT2D eigenvalue weighted by Crippen LogP contribution is 2.20. The van der Waals surface area contributed by atoms with E-state index in [2.05, 4.69) is 6.07 Å². The van der Waals surface area contributed by atoms with Crippen LogP contribution in [0.5, 0.6) is 0 Å². The van der Waals surface area contributed by atoms with Crippen LogP contribution in [0.4, 0.5) is 0 Å². The van der Waals surface area contributed by atoms with E-state index in [4.69, 9.17) is 9.68 Å². The SMILES string of the molecule is Cc1cc(C#N)c2occc2c1. The zero-order valence-electron chi connectivity index (χ0n) is 6.66. The molecule has 12 heavy (non-hydrogen) atoms. The van der Waals surface area contributed by atoms with Gasteiger partial charge in [-0.1, -0.05) is 0 Å². The van der Waals surface area contributed by atoms with E-state index in [9.17, 15) is 0 Å². The summed E-state index contributed by atoms with van der Waals surface area (Å²) in [6.45, 7) is 1.97. The lowest BCUT2D eigenvalue weighted by molar-refractivity contribution is 0.614. The number of furan rings is 1. The Kier molecular flexibility index (Phi) is 1.38. The Balaban J connectivity index is 2.91. The van der Waals surface area contributed by atoms with E-state index in [1.54, 1.807) is 6.26 Å². The molecule has 0 aliphatic heterocycles. The second-order valence-electron chi connectivity index (χ2n) is 2.76. The summed E-state index contributed by atoms with van der Waals surface area (Å²) in [4.78, 5) is 0. The van der Waals surface area contributed by atoms with E-state index >= 15 is 0 Å². The minimum absolute atomic E-state index is 0.606. The van der Waals surface area contributed by atoms with Gasteiger partial charge in [0.1, 0.15) is 6.07 Å². The van der Waals surface area contributed by atoms with Crippen molar-refractivity contribution in [3.8, 4) is 6.07 Å². The van der Waals surface area contributed by atoms with Gasteiger partial charge in [-0.25, -0.2) is 0 Å². The largest absolute Gasteiger partial charge is 0.463 e. The van der Waals surface area contributed by atoms with Gasteiger partial charge in [0.2, 0.25) is 0 Å². The zero-order valence-corrected chi connectivity index (χ0v) is 6.66. The summed E-state index contributed by atoms with van der Waals surface area (Å²) >= 11 is 0. The van der Waals surface area contributed by atoms with Crippen LogP contribution in [0.15, 0.2) is 28.9 Å². The maximum atomic E-state index is 8.77. The van der Waals surface area contributed by atoms with Crippen LogP contribution in [-0.2, 0) is 0 Å². The van der Waals surface area contributed by atoms with Crippen molar-refractivity contribution >= 4 is 11.0 Å². The summed E-state index contributed by atoms with van der Waals surface area (Å²) in [6, 6.07) is 7.79. The van der Waals surface area contributed by atoms with E-state index in [-0.39, 0.29) is 0 Å². The summed E-state index contributed by atoms with van der Waals surface area (Å²) in [6.07, 6.45) is 1.60. The van der Waals surface area contributed by atoms with Crippen molar-refractivity contribution in [3.05, 3.63) is 35.6 Å². The molecule has 1 heterocycles. The second-order valence-corrected chi connectivity index (χ2v) is 2.76. The topological polar surface area (TPSA) is 36.9 Å². The van der Waals surface area contributed by atoms with E-state index < -0.39 is 0 Å². The Hall–Kier alpha value is -1.75. The highest BCUT2D eigenvalue weighted by molar-refractivity contribution is 5.83. The van der Waals surface area contributed by atoms with E-state index in [1.807, 2.05) is 25.1 Å². The monoisotopic (exact) mass is 157 g/mol. The minimum Gasteiger partial charge on any atom is -0.463 e. The van der Waals surface area contributed by atoms with Gasteiger partial charge in [-0.3, -0.25) is 0 Å². The molecule has 1 aromatic carbocycles. The molecule has 1 aromatic heterocycles. The third kappa shape index (κ3) is 0.876. The Labute approximate surface area is 70.0 Å². The number of nitrogens with zero attached hydrogens (tertiary/aromatic N) is 1. The third-order valence-electron chi connectivity index (χ3n) is 1.82. The van der Waals surface area contributed by atoms with E-state index in [1.165, 1.54) is 0 Å². The molecule has 2 rings (SSSR count). The first-order chi connectivity index (χ1) is 5.81. The van der Waals surface area contributed by atoms with Gasteiger partial charge in [0.25, 0.3) is 0 Å². The highest BCUT2D eigenvalue weighted by atomic mass is 16.3. The summed E-state index contributed by atoms with van der Waals surface area (Å²) in [5.41, 5.74) is 2.37. The van der Waals surface area contributed by atoms with Crippen LogP contribution in [0.1, 0.15) is 11.1 Å². The van der Waals surface area contributed by atoms with Crippen molar-refractivity contribution in [2.45, 2.75) is 6.92 Å². The molecule has 0 amide bonds. The first-order valence-electron chi connectivity index (χ1n) is 3.69. The summed E-state index contributed by atoms with van der Waals surface area (Å²) in [7, 11) is 0. The fourth-order valence-electron chi connectivity index (χ4n) is 1.31. The van der Waals surface area contributed by atoms with Gasteiger partial charge in [0.05, 0.1) is 11.8 Å². The lowest BCUT2D eigenvalue weighted by Crippen LogP contribution is -1.78. The molecule has 0 aliphatic carbocycles. The van der Waals surface area contributed by atoms with Gasteiger partial charge in [-0.15, -0.1) is 0 Å². The molecule has 0 unspecified atom stereocenters. The Morgan fingerprint density at radius 3 is 3.00 bits per heavy atom. The van der Waals surface area contributed by atoms with Gasteiger partial charge in [0, 0.05) is 5.39 Å². The van der Waals surface area contributed by atoms with Gasteiger partial charge >= 0.3 is 0 Å². The van der Waals surface area contributed by atoms with Crippen LogP contribution in [0.25, 0.3) is 11.0 Å². The van der Waals surface area contributed by atoms with Gasteiger partial charge in [-0.2, -0.15) is 5.26 Å². The maximum absolute atomic E-state index is 8.77. The van der Waals surface area contributed by atoms with Crippen LogP contribution in [0.2, 0.25) is 0 Å². The van der Waals surface area contributed by atoms with E-state index in [0.717, 1.165) is 10.9 Å². The number of hydrogen-bond donors (Lipinski definition) is 0. The predicted molar refractivity (Wildman–Crippen MR) is 45.7 cm³/mol. The van der Waals surface area contributed by atoms with Crippen molar-refractivity contribution < 1.29 is 4.42 Å². The molecule has 0 radical (unpaired) electrons. The Bertz CT molecular complexity index is 462. The quantitative estimate of drug-likeness (QED) is 0.589. The van der Waals surface area contributed by atoms with Gasteiger partial charge in [0.15, 0.2) is 5.58 Å². The van der Waals surface area contributed by atoms with E-state index in [0.29, 0.717) is 11.1 Å². The van der Waals surface area contributed by atoms with Crippen molar-refractivity contribution in [2.75, 3.05) is 0 Å². The smallest absolute Gasteiger partial charge is 0.151 e. The Morgan fingerprint density at radius 1 is 1.42 bits per heavy atom. The molecule has 0 bridgehead atoms. The molecule has 58 valence electrons. The molecule has 2 aromatic rings. The summed E-state index contributed by atoms with van der Waals surface area (Å²) < 4.78 is 5.17. The molecule has 0 saturated heterocycles. The molecule has 0 N–H and O–H groups in total.